The Morgan fingerprint density at radius 3 is 1.39 bits per heavy atom. The summed E-state index contributed by atoms with van der Waals surface area (Å²) < 4.78 is 21.6. The van der Waals surface area contributed by atoms with E-state index < -0.39 is 24.4 Å². The topological polar surface area (TPSA) is 218 Å². The molecule has 0 saturated carbocycles. The number of nitrogens with zero attached hydrogens (tertiary/aromatic N) is 3. The van der Waals surface area contributed by atoms with E-state index >= 15 is 0 Å². The minimum absolute atomic E-state index is 0.0128. The first-order chi connectivity index (χ1) is 27.4. The zero-order chi connectivity index (χ0) is 41.8. The molecule has 0 radical (unpaired) electrons. The predicted molar refractivity (Wildman–Crippen MR) is 216 cm³/mol. The third-order valence-electron chi connectivity index (χ3n) is 8.21. The number of benzene rings is 2. The minimum atomic E-state index is -0.670. The summed E-state index contributed by atoms with van der Waals surface area (Å²) in [4.78, 5) is 66.8. The predicted octanol–water partition coefficient (Wildman–Crippen LogP) is 2.47. The molecule has 0 saturated heterocycles. The fourth-order valence-electron chi connectivity index (χ4n) is 5.06. The van der Waals surface area contributed by atoms with Crippen LogP contribution in [-0.2, 0) is 27.5 Å². The van der Waals surface area contributed by atoms with Gasteiger partial charge in [-0.15, -0.1) is 0 Å². The van der Waals surface area contributed by atoms with Crippen LogP contribution in [0.15, 0.2) is 48.5 Å². The molecule has 0 unspecified atom stereocenters. The normalized spacial score (nSPS) is 10.7. The molecule has 2 rings (SSSR count). The Balaban J connectivity index is 1.68. The van der Waals surface area contributed by atoms with Gasteiger partial charge in [0, 0.05) is 91.5 Å². The number of nitrogens with one attached hydrogen (secondary N) is 5. The smallest absolute Gasteiger partial charge is 0.415 e. The van der Waals surface area contributed by atoms with Gasteiger partial charge in [-0.05, 0) is 48.5 Å². The number of carbonyl (C=O) groups is 5. The van der Waals surface area contributed by atoms with Gasteiger partial charge >= 0.3 is 24.4 Å². The van der Waals surface area contributed by atoms with Crippen LogP contribution in [-0.4, -0.2) is 143 Å². The van der Waals surface area contributed by atoms with E-state index in [0.717, 1.165) is 13.1 Å². The Hall–Kier alpha value is -5.17. The van der Waals surface area contributed by atoms with Gasteiger partial charge in [0.25, 0.3) is 0 Å². The van der Waals surface area contributed by atoms with Crippen LogP contribution < -0.4 is 41.8 Å². The number of amides is 5. The van der Waals surface area contributed by atoms with Crippen molar-refractivity contribution in [1.82, 2.24) is 41.3 Å². The van der Waals surface area contributed by atoms with Crippen molar-refractivity contribution >= 4 is 30.3 Å². The van der Waals surface area contributed by atoms with E-state index in [0.29, 0.717) is 81.0 Å². The molecule has 0 aromatic heterocycles. The van der Waals surface area contributed by atoms with E-state index in [9.17, 15) is 24.0 Å². The van der Waals surface area contributed by atoms with Gasteiger partial charge in [0.05, 0.1) is 0 Å². The van der Waals surface area contributed by atoms with Crippen molar-refractivity contribution in [3.8, 4) is 11.5 Å². The fourth-order valence-corrected chi connectivity index (χ4v) is 5.06. The quantitative estimate of drug-likeness (QED) is 0.0755. The van der Waals surface area contributed by atoms with E-state index in [1.807, 2.05) is 27.7 Å². The van der Waals surface area contributed by atoms with Crippen molar-refractivity contribution in [1.29, 1.82) is 0 Å². The van der Waals surface area contributed by atoms with Crippen molar-refractivity contribution in [3.63, 3.8) is 0 Å². The highest BCUT2D eigenvalue weighted by molar-refractivity contribution is 5.74. The van der Waals surface area contributed by atoms with Crippen molar-refractivity contribution in [2.24, 2.45) is 5.73 Å². The molecule has 7 N–H and O–H groups in total. The first kappa shape index (κ1) is 48.0. The van der Waals surface area contributed by atoms with Crippen LogP contribution in [0.25, 0.3) is 0 Å². The van der Waals surface area contributed by atoms with E-state index in [4.69, 9.17) is 24.7 Å². The average Bonchev–Trinajstić information content (AvgIpc) is 3.18. The highest BCUT2D eigenvalue weighted by Crippen LogP contribution is 2.15. The lowest BCUT2D eigenvalue weighted by atomic mass is 10.2. The SMILES string of the molecule is CCNCCN(CCN)C(=O)Oc1ccc(COC(=O)NCCN(CCNC(=O)OCc2ccc(OC(=O)N(CCNCC)CCNC(C)C)cc2)C(C)=O)cc1. The second kappa shape index (κ2) is 28.3. The number of carbonyl (C=O) groups excluding carboxylic acids is 5. The van der Waals surface area contributed by atoms with Gasteiger partial charge in [-0.3, -0.25) is 4.79 Å². The van der Waals surface area contributed by atoms with Crippen molar-refractivity contribution in [2.75, 3.05) is 91.6 Å². The fraction of sp³-hybridized carbons (Fsp3) is 0.564. The van der Waals surface area contributed by atoms with Crippen LogP contribution in [0.1, 0.15) is 45.7 Å². The number of hydrogen-bond acceptors (Lipinski definition) is 13. The van der Waals surface area contributed by atoms with Crippen molar-refractivity contribution in [3.05, 3.63) is 59.7 Å². The van der Waals surface area contributed by atoms with E-state index in [-0.39, 0.29) is 45.3 Å². The maximum absolute atomic E-state index is 12.8. The lowest BCUT2D eigenvalue weighted by molar-refractivity contribution is -0.128. The number of nitrogens with two attached hydrogens (primary N) is 1. The molecule has 18 nitrogen and oxygen atoms in total. The first-order valence-corrected chi connectivity index (χ1v) is 19.5. The standard InChI is InChI=1S/C39H63N9O9/c1-6-41-17-23-47(22-16-40)38(52)56-34-12-8-32(9-13-34)28-54-36(50)44-20-25-46(31(5)49)26-21-45-37(51)55-29-33-10-14-35(15-11-33)57-39(53)48(24-18-42-7-2)27-19-43-30(3)4/h8-15,30,41-43H,6-7,16-29,40H2,1-5H3,(H,44,50)(H,45,51). The van der Waals surface area contributed by atoms with Gasteiger partial charge in [0.2, 0.25) is 5.91 Å². The highest BCUT2D eigenvalue weighted by atomic mass is 16.6. The maximum atomic E-state index is 12.8. The maximum Gasteiger partial charge on any atom is 0.415 e. The van der Waals surface area contributed by atoms with Crippen LogP contribution in [0.4, 0.5) is 19.2 Å². The Bertz CT molecular complexity index is 1480. The van der Waals surface area contributed by atoms with Gasteiger partial charge < -0.3 is 66.0 Å². The molecular formula is C39H63N9O9. The second-order valence-electron chi connectivity index (χ2n) is 13.1. The summed E-state index contributed by atoms with van der Waals surface area (Å²) in [6, 6.07) is 13.6. The Labute approximate surface area is 336 Å². The third kappa shape index (κ3) is 21.1. The molecular weight excluding hydrogens is 738 g/mol. The molecule has 0 heterocycles. The zero-order valence-electron chi connectivity index (χ0n) is 34.1. The molecule has 0 bridgehead atoms. The summed E-state index contributed by atoms with van der Waals surface area (Å²) in [5, 5.41) is 14.9. The van der Waals surface area contributed by atoms with E-state index in [1.165, 1.54) is 16.7 Å². The highest BCUT2D eigenvalue weighted by Gasteiger charge is 2.17. The first-order valence-electron chi connectivity index (χ1n) is 19.5. The number of hydrogen-bond donors (Lipinski definition) is 6. The van der Waals surface area contributed by atoms with Gasteiger partial charge in [-0.2, -0.15) is 0 Å². The second-order valence-corrected chi connectivity index (χ2v) is 13.1. The summed E-state index contributed by atoms with van der Waals surface area (Å²) >= 11 is 0. The van der Waals surface area contributed by atoms with Gasteiger partial charge in [0.15, 0.2) is 0 Å². The average molecular weight is 802 g/mol. The van der Waals surface area contributed by atoms with Gasteiger partial charge in [-0.25, -0.2) is 19.2 Å². The van der Waals surface area contributed by atoms with Crippen LogP contribution in [0.5, 0.6) is 11.5 Å². The number of rotatable bonds is 26. The van der Waals surface area contributed by atoms with Crippen LogP contribution in [0.2, 0.25) is 0 Å². The summed E-state index contributed by atoms with van der Waals surface area (Å²) in [5.41, 5.74) is 7.00. The zero-order valence-corrected chi connectivity index (χ0v) is 34.1. The summed E-state index contributed by atoms with van der Waals surface area (Å²) in [6.07, 6.45) is -2.28. The number of likely N-dealkylation sites (N-methyl/N-ethyl adjacent to an activating group) is 2. The van der Waals surface area contributed by atoms with Gasteiger partial charge in [0.1, 0.15) is 24.7 Å². The number of alkyl carbamates (subject to hydrolysis) is 2. The molecule has 0 aliphatic rings. The molecule has 0 atom stereocenters. The Kier molecular flexibility index (Phi) is 23.8. The molecule has 0 aliphatic heterocycles. The van der Waals surface area contributed by atoms with Gasteiger partial charge in [-0.1, -0.05) is 52.0 Å². The summed E-state index contributed by atoms with van der Waals surface area (Å²) in [5.74, 6) is 0.485. The molecule has 0 fully saturated rings. The molecule has 18 heteroatoms. The molecule has 318 valence electrons. The molecule has 2 aromatic rings. The van der Waals surface area contributed by atoms with Crippen molar-refractivity contribution < 1.29 is 42.9 Å². The summed E-state index contributed by atoms with van der Waals surface area (Å²) in [7, 11) is 0. The van der Waals surface area contributed by atoms with Crippen LogP contribution in [0.3, 0.4) is 0 Å². The molecule has 0 aliphatic carbocycles. The molecule has 5 amide bonds. The lowest BCUT2D eigenvalue weighted by Gasteiger charge is -2.23. The Morgan fingerprint density at radius 1 is 0.596 bits per heavy atom. The third-order valence-corrected chi connectivity index (χ3v) is 8.21. The summed E-state index contributed by atoms with van der Waals surface area (Å²) in [6.45, 7) is 15.8. The molecule has 2 aromatic carbocycles. The van der Waals surface area contributed by atoms with Crippen LogP contribution >= 0.6 is 0 Å². The Morgan fingerprint density at radius 2 is 1.00 bits per heavy atom. The molecule has 0 spiro atoms. The largest absolute Gasteiger partial charge is 0.445 e. The van der Waals surface area contributed by atoms with Crippen LogP contribution in [0, 0.1) is 0 Å². The van der Waals surface area contributed by atoms with Crippen molar-refractivity contribution in [2.45, 2.75) is 53.9 Å². The number of ether oxygens (including phenoxy) is 4. The monoisotopic (exact) mass is 801 g/mol. The van der Waals surface area contributed by atoms with E-state index in [1.54, 1.807) is 53.4 Å². The minimum Gasteiger partial charge on any atom is -0.445 e. The van der Waals surface area contributed by atoms with E-state index in [2.05, 4.69) is 26.6 Å². The molecule has 57 heavy (non-hydrogen) atoms. The lowest BCUT2D eigenvalue weighted by Crippen LogP contribution is -2.43.